The number of carboxylic acid groups (broad SMARTS) is 1. The van der Waals surface area contributed by atoms with Gasteiger partial charge in [0.2, 0.25) is 5.43 Å². The van der Waals surface area contributed by atoms with Crippen molar-refractivity contribution in [2.24, 2.45) is 4.99 Å². The number of rotatable bonds is 0. The molecule has 19 heavy (non-hydrogen) atoms. The minimum absolute atomic E-state index is 0.148. The lowest BCUT2D eigenvalue weighted by molar-refractivity contribution is 0.204. The van der Waals surface area contributed by atoms with Gasteiger partial charge in [0.15, 0.2) is 10.9 Å². The normalized spacial score (nSPS) is 13.4. The summed E-state index contributed by atoms with van der Waals surface area (Å²) >= 11 is 0. The van der Waals surface area contributed by atoms with Crippen molar-refractivity contribution >= 4 is 33.5 Å². The third kappa shape index (κ3) is 1.11. The van der Waals surface area contributed by atoms with Gasteiger partial charge >= 0.3 is 6.09 Å². The van der Waals surface area contributed by atoms with Gasteiger partial charge in [-0.05, 0) is 18.2 Å². The van der Waals surface area contributed by atoms with Gasteiger partial charge < -0.3 is 10.1 Å². The van der Waals surface area contributed by atoms with Crippen LogP contribution in [-0.4, -0.2) is 20.6 Å². The molecular formula is C12H5N3O4. The number of hydrogen-bond donors (Lipinski definition) is 2. The number of hydrogen-bond acceptors (Lipinski definition) is 3. The van der Waals surface area contributed by atoms with Crippen molar-refractivity contribution in [2.75, 3.05) is 0 Å². The molecule has 7 nitrogen and oxygen atoms in total. The van der Waals surface area contributed by atoms with E-state index in [9.17, 15) is 14.4 Å². The summed E-state index contributed by atoms with van der Waals surface area (Å²) < 4.78 is 1.42. The van der Waals surface area contributed by atoms with Gasteiger partial charge in [-0.3, -0.25) is 14.0 Å². The number of H-pyrrole nitrogens is 1. The molecule has 0 unspecified atom stereocenters. The Morgan fingerprint density at radius 3 is 2.68 bits per heavy atom. The van der Waals surface area contributed by atoms with Crippen LogP contribution in [0.25, 0.3) is 27.5 Å². The Morgan fingerprint density at radius 1 is 1.21 bits per heavy atom. The molecule has 1 amide bonds. The smallest absolute Gasteiger partial charge is 0.433 e. The number of benzene rings is 1. The molecule has 0 radical (unpaired) electrons. The third-order valence-corrected chi connectivity index (χ3v) is 3.22. The first-order chi connectivity index (χ1) is 9.08. The fourth-order valence-electron chi connectivity index (χ4n) is 2.43. The van der Waals surface area contributed by atoms with Crippen LogP contribution in [0.2, 0.25) is 0 Å². The van der Waals surface area contributed by atoms with Crippen LogP contribution in [0.5, 0.6) is 0 Å². The third-order valence-electron chi connectivity index (χ3n) is 3.22. The predicted molar refractivity (Wildman–Crippen MR) is 66.4 cm³/mol. The molecule has 0 fully saturated rings. The fraction of sp³-hybridized carbons (Fsp3) is 0. The Hall–Kier alpha value is -2.96. The van der Waals surface area contributed by atoms with Crippen LogP contribution in [-0.2, 0) is 0 Å². The first kappa shape index (κ1) is 10.0. The zero-order valence-electron chi connectivity index (χ0n) is 9.30. The number of aromatic nitrogens is 2. The number of fused-ring (bicyclic) bond motifs is 5. The molecule has 4 aromatic rings. The highest BCUT2D eigenvalue weighted by atomic mass is 16.4. The van der Waals surface area contributed by atoms with Crippen LogP contribution in [0, 0.1) is 0 Å². The van der Waals surface area contributed by atoms with Gasteiger partial charge in [-0.15, -0.1) is 0 Å². The van der Waals surface area contributed by atoms with Crippen molar-refractivity contribution in [3.63, 3.8) is 0 Å². The van der Waals surface area contributed by atoms with E-state index in [0.29, 0.717) is 11.0 Å². The first-order valence-electron chi connectivity index (χ1n) is 5.44. The molecule has 4 rings (SSSR count). The lowest BCUT2D eigenvalue weighted by Crippen LogP contribution is -2.17. The number of aromatic amines is 1. The highest BCUT2D eigenvalue weighted by molar-refractivity contribution is 6.06. The van der Waals surface area contributed by atoms with Crippen molar-refractivity contribution < 1.29 is 9.90 Å². The van der Waals surface area contributed by atoms with Gasteiger partial charge in [-0.1, -0.05) is 0 Å². The van der Waals surface area contributed by atoms with E-state index in [0.717, 1.165) is 5.52 Å². The molecule has 2 N–H and O–H groups in total. The van der Waals surface area contributed by atoms with E-state index in [2.05, 4.69) is 9.98 Å². The van der Waals surface area contributed by atoms with E-state index >= 15 is 0 Å². The zero-order valence-corrected chi connectivity index (χ0v) is 9.30. The lowest BCUT2D eigenvalue weighted by atomic mass is 10.2. The van der Waals surface area contributed by atoms with Gasteiger partial charge in [0, 0.05) is 0 Å². The highest BCUT2D eigenvalue weighted by Crippen LogP contribution is 2.25. The SMILES string of the molecule is O=C(O)N=c1c2[nH]c2c2cc3c(=O)ccc(=O)c3n12. The number of amides is 1. The molecular weight excluding hydrogens is 250 g/mol. The number of nitrogens with zero attached hydrogens (tertiary/aromatic N) is 2. The summed E-state index contributed by atoms with van der Waals surface area (Å²) in [6, 6.07) is 3.98. The summed E-state index contributed by atoms with van der Waals surface area (Å²) in [5.74, 6) is 0. The highest BCUT2D eigenvalue weighted by Gasteiger charge is 2.21. The van der Waals surface area contributed by atoms with E-state index in [1.54, 1.807) is 6.07 Å². The second-order valence-corrected chi connectivity index (χ2v) is 4.28. The van der Waals surface area contributed by atoms with Crippen LogP contribution >= 0.6 is 0 Å². The second kappa shape index (κ2) is 2.89. The van der Waals surface area contributed by atoms with Crippen molar-refractivity contribution in [2.45, 2.75) is 0 Å². The fourth-order valence-corrected chi connectivity index (χ4v) is 2.43. The molecule has 3 heterocycles. The minimum Gasteiger partial charge on any atom is -0.463 e. The van der Waals surface area contributed by atoms with Crippen LogP contribution in [0.1, 0.15) is 0 Å². The summed E-state index contributed by atoms with van der Waals surface area (Å²) in [5.41, 5.74) is 1.64. The van der Waals surface area contributed by atoms with Gasteiger partial charge in [-0.2, -0.15) is 4.99 Å². The van der Waals surface area contributed by atoms with Gasteiger partial charge in [-0.25, -0.2) is 4.79 Å². The van der Waals surface area contributed by atoms with Crippen LogP contribution in [0.3, 0.4) is 0 Å². The predicted octanol–water partition coefficient (Wildman–Crippen LogP) is 0.186. The van der Waals surface area contributed by atoms with Crippen molar-refractivity contribution in [3.8, 4) is 0 Å². The molecule has 3 aromatic heterocycles. The summed E-state index contributed by atoms with van der Waals surface area (Å²) in [5, 5.41) is 9.06. The summed E-state index contributed by atoms with van der Waals surface area (Å²) in [6.07, 6.45) is -1.35. The Balaban J connectivity index is 2.41. The quantitative estimate of drug-likeness (QED) is 0.468. The molecule has 7 heteroatoms. The zero-order chi connectivity index (χ0) is 13.3. The Bertz CT molecular complexity index is 1120. The summed E-state index contributed by atoms with van der Waals surface area (Å²) in [4.78, 5) is 40.8. The Labute approximate surface area is 103 Å². The molecule has 0 aliphatic rings. The van der Waals surface area contributed by atoms with E-state index in [1.807, 2.05) is 0 Å². The molecule has 0 atom stereocenters. The summed E-state index contributed by atoms with van der Waals surface area (Å²) in [6.45, 7) is 0. The van der Waals surface area contributed by atoms with Crippen molar-refractivity contribution in [1.29, 1.82) is 0 Å². The first-order valence-corrected chi connectivity index (χ1v) is 5.44. The Kier molecular flexibility index (Phi) is 1.52. The molecule has 92 valence electrons. The van der Waals surface area contributed by atoms with E-state index in [4.69, 9.17) is 5.11 Å². The van der Waals surface area contributed by atoms with Gasteiger partial charge in [0.25, 0.3) is 0 Å². The molecule has 0 aliphatic heterocycles. The average molecular weight is 255 g/mol. The molecule has 0 spiro atoms. The lowest BCUT2D eigenvalue weighted by Gasteiger charge is -1.91. The number of nitrogens with one attached hydrogen (secondary N) is 1. The molecule has 0 bridgehead atoms. The number of carbonyl (C=O) groups is 1. The van der Waals surface area contributed by atoms with Crippen LogP contribution < -0.4 is 16.3 Å². The maximum absolute atomic E-state index is 11.9. The molecule has 0 aliphatic carbocycles. The standard InChI is InChI=1S/C12H5N3O4/c16-6-1-2-7(17)10-4(6)3-5-8-9(13-8)11(15(5)10)14-12(18)19/h1-3,13H,(H,18,19). The van der Waals surface area contributed by atoms with Crippen LogP contribution in [0.4, 0.5) is 4.79 Å². The van der Waals surface area contributed by atoms with Crippen LogP contribution in [0.15, 0.2) is 32.8 Å². The largest absolute Gasteiger partial charge is 0.463 e. The summed E-state index contributed by atoms with van der Waals surface area (Å²) in [7, 11) is 0. The molecule has 1 aromatic carbocycles. The molecule has 0 saturated carbocycles. The second-order valence-electron chi connectivity index (χ2n) is 4.28. The van der Waals surface area contributed by atoms with Crippen molar-refractivity contribution in [3.05, 3.63) is 44.1 Å². The Morgan fingerprint density at radius 2 is 1.95 bits per heavy atom. The maximum Gasteiger partial charge on any atom is 0.433 e. The monoisotopic (exact) mass is 255 g/mol. The maximum atomic E-state index is 11.9. The topological polar surface area (TPSA) is 104 Å². The van der Waals surface area contributed by atoms with E-state index in [-0.39, 0.29) is 27.2 Å². The van der Waals surface area contributed by atoms with Gasteiger partial charge in [0.05, 0.1) is 16.4 Å². The average Bonchev–Trinajstić information content (AvgIpc) is 2.94. The van der Waals surface area contributed by atoms with Gasteiger partial charge in [0.1, 0.15) is 11.0 Å². The minimum atomic E-state index is -1.35. The van der Waals surface area contributed by atoms with Crippen molar-refractivity contribution in [1.82, 2.24) is 9.38 Å². The van der Waals surface area contributed by atoms with E-state index < -0.39 is 6.09 Å². The van der Waals surface area contributed by atoms with E-state index in [1.165, 1.54) is 16.5 Å². The molecule has 0 saturated heterocycles.